The second-order valence-corrected chi connectivity index (χ2v) is 5.05. The van der Waals surface area contributed by atoms with Gasteiger partial charge in [0, 0.05) is 12.0 Å². The van der Waals surface area contributed by atoms with Crippen LogP contribution in [0.4, 0.5) is 0 Å². The second-order valence-electron chi connectivity index (χ2n) is 5.05. The van der Waals surface area contributed by atoms with Crippen LogP contribution in [0.5, 0.6) is 0 Å². The lowest BCUT2D eigenvalue weighted by Gasteiger charge is -2.25. The van der Waals surface area contributed by atoms with Crippen LogP contribution in [0.2, 0.25) is 0 Å². The molecule has 0 aromatic heterocycles. The lowest BCUT2D eigenvalue weighted by molar-refractivity contribution is -0.128. The van der Waals surface area contributed by atoms with Gasteiger partial charge in [-0.2, -0.15) is 0 Å². The maximum Gasteiger partial charge on any atom is 0.142 e. The summed E-state index contributed by atoms with van der Waals surface area (Å²) in [7, 11) is 0. The molecule has 3 nitrogen and oxygen atoms in total. The highest BCUT2D eigenvalue weighted by atomic mass is 16.5. The molecule has 1 heterocycles. The number of carbonyl (C=O) groups is 1. The summed E-state index contributed by atoms with van der Waals surface area (Å²) in [4.78, 5) is 12.4. The Balaban J connectivity index is 1.91. The molecule has 0 bridgehead atoms. The Kier molecular flexibility index (Phi) is 4.36. The van der Waals surface area contributed by atoms with Crippen molar-refractivity contribution in [2.75, 3.05) is 19.8 Å². The lowest BCUT2D eigenvalue weighted by atomic mass is 9.80. The molecule has 16 heavy (non-hydrogen) atoms. The van der Waals surface area contributed by atoms with Gasteiger partial charge >= 0.3 is 0 Å². The van der Waals surface area contributed by atoms with Crippen molar-refractivity contribution < 1.29 is 9.53 Å². The van der Waals surface area contributed by atoms with E-state index in [1.54, 1.807) is 0 Å². The number of nitrogens with one attached hydrogen (secondary N) is 1. The molecule has 0 amide bonds. The molecule has 2 atom stereocenters. The highest BCUT2D eigenvalue weighted by Gasteiger charge is 2.37. The minimum atomic E-state index is 0.114. The van der Waals surface area contributed by atoms with Crippen LogP contribution in [0.15, 0.2) is 0 Å². The van der Waals surface area contributed by atoms with E-state index in [4.69, 9.17) is 4.74 Å². The number of likely N-dealkylation sites (N-methyl/N-ethyl adjacent to an activating group) is 1. The molecule has 1 saturated heterocycles. The Hall–Kier alpha value is -0.410. The van der Waals surface area contributed by atoms with Crippen LogP contribution in [-0.2, 0) is 9.53 Å². The van der Waals surface area contributed by atoms with Gasteiger partial charge in [-0.15, -0.1) is 0 Å². The van der Waals surface area contributed by atoms with E-state index in [0.717, 1.165) is 19.4 Å². The molecule has 92 valence electrons. The van der Waals surface area contributed by atoms with Crippen molar-refractivity contribution in [3.05, 3.63) is 0 Å². The molecule has 2 rings (SSSR count). The summed E-state index contributed by atoms with van der Waals surface area (Å²) in [6.45, 7) is 4.34. The summed E-state index contributed by atoms with van der Waals surface area (Å²) in [5.41, 5.74) is 0. The maximum absolute atomic E-state index is 12.4. The van der Waals surface area contributed by atoms with Crippen molar-refractivity contribution in [1.82, 2.24) is 5.32 Å². The third-order valence-corrected chi connectivity index (χ3v) is 3.92. The molecular formula is C13H23NO2. The molecule has 2 aliphatic rings. The fraction of sp³-hybridized carbons (Fsp3) is 0.923. The van der Waals surface area contributed by atoms with Gasteiger partial charge in [0.2, 0.25) is 0 Å². The van der Waals surface area contributed by atoms with Gasteiger partial charge in [0.1, 0.15) is 5.78 Å². The number of Topliss-reactive ketones (excluding diaryl/α,β-unsaturated/α-hetero) is 1. The number of ether oxygens (including phenoxy) is 1. The summed E-state index contributed by atoms with van der Waals surface area (Å²) in [6, 6.07) is 0.263. The van der Waals surface area contributed by atoms with Crippen LogP contribution in [-0.4, -0.2) is 31.6 Å². The minimum absolute atomic E-state index is 0.114. The quantitative estimate of drug-likeness (QED) is 0.792. The van der Waals surface area contributed by atoms with Crippen LogP contribution in [0.25, 0.3) is 0 Å². The number of ketones is 1. The Morgan fingerprint density at radius 3 is 2.69 bits per heavy atom. The molecule has 1 saturated carbocycles. The van der Waals surface area contributed by atoms with E-state index in [-0.39, 0.29) is 12.0 Å². The minimum Gasteiger partial charge on any atom is -0.379 e. The molecule has 1 N–H and O–H groups in total. The van der Waals surface area contributed by atoms with Crippen molar-refractivity contribution in [2.45, 2.75) is 45.1 Å². The summed E-state index contributed by atoms with van der Waals surface area (Å²) in [5, 5.41) is 3.37. The molecule has 0 spiro atoms. The third-order valence-electron chi connectivity index (χ3n) is 3.92. The average molecular weight is 225 g/mol. The summed E-state index contributed by atoms with van der Waals surface area (Å²) in [6.07, 6.45) is 5.98. The van der Waals surface area contributed by atoms with Crippen LogP contribution in [0.3, 0.4) is 0 Å². The van der Waals surface area contributed by atoms with E-state index in [1.165, 1.54) is 19.3 Å². The van der Waals surface area contributed by atoms with E-state index in [2.05, 4.69) is 12.2 Å². The van der Waals surface area contributed by atoms with Gasteiger partial charge in [0.15, 0.2) is 0 Å². The zero-order valence-corrected chi connectivity index (χ0v) is 10.2. The van der Waals surface area contributed by atoms with E-state index in [0.29, 0.717) is 24.9 Å². The van der Waals surface area contributed by atoms with Gasteiger partial charge in [0.25, 0.3) is 0 Å². The van der Waals surface area contributed by atoms with Gasteiger partial charge in [-0.3, -0.25) is 4.79 Å². The predicted molar refractivity (Wildman–Crippen MR) is 63.4 cm³/mol. The Labute approximate surface area is 97.9 Å². The van der Waals surface area contributed by atoms with Crippen molar-refractivity contribution in [1.29, 1.82) is 0 Å². The summed E-state index contributed by atoms with van der Waals surface area (Å²) < 4.78 is 5.45. The molecule has 1 aliphatic heterocycles. The molecule has 0 radical (unpaired) electrons. The monoisotopic (exact) mass is 225 g/mol. The number of carbonyl (C=O) groups excluding carboxylic acids is 1. The standard InChI is InChI=1S/C13H23NO2/c1-2-14-12-9-16-8-11(12)13(15)10-6-4-3-5-7-10/h10-12,14H,2-9H2,1H3. The van der Waals surface area contributed by atoms with Crippen LogP contribution in [0.1, 0.15) is 39.0 Å². The topological polar surface area (TPSA) is 38.3 Å². The highest BCUT2D eigenvalue weighted by molar-refractivity contribution is 5.84. The Morgan fingerprint density at radius 1 is 1.25 bits per heavy atom. The zero-order valence-electron chi connectivity index (χ0n) is 10.2. The first-order chi connectivity index (χ1) is 7.83. The Morgan fingerprint density at radius 2 is 2.00 bits per heavy atom. The van der Waals surface area contributed by atoms with E-state index < -0.39 is 0 Å². The van der Waals surface area contributed by atoms with Gasteiger partial charge in [-0.1, -0.05) is 26.2 Å². The zero-order chi connectivity index (χ0) is 11.4. The average Bonchev–Trinajstić information content (AvgIpc) is 2.78. The largest absolute Gasteiger partial charge is 0.379 e. The first-order valence-corrected chi connectivity index (χ1v) is 6.67. The van der Waals surface area contributed by atoms with Crippen molar-refractivity contribution in [2.24, 2.45) is 11.8 Å². The molecule has 2 fully saturated rings. The van der Waals surface area contributed by atoms with Crippen LogP contribution in [0, 0.1) is 11.8 Å². The summed E-state index contributed by atoms with van der Waals surface area (Å²) >= 11 is 0. The SMILES string of the molecule is CCNC1COCC1C(=O)C1CCCCC1. The van der Waals surface area contributed by atoms with E-state index >= 15 is 0 Å². The first kappa shape index (κ1) is 12.1. The normalized spacial score (nSPS) is 31.8. The molecule has 1 aliphatic carbocycles. The fourth-order valence-electron chi connectivity index (χ4n) is 2.99. The maximum atomic E-state index is 12.4. The molecular weight excluding hydrogens is 202 g/mol. The number of rotatable bonds is 4. The second kappa shape index (κ2) is 5.78. The van der Waals surface area contributed by atoms with Crippen molar-refractivity contribution in [3.8, 4) is 0 Å². The Bertz CT molecular complexity index is 236. The van der Waals surface area contributed by atoms with Gasteiger partial charge in [0.05, 0.1) is 19.1 Å². The molecule has 0 aromatic rings. The lowest BCUT2D eigenvalue weighted by Crippen LogP contribution is -2.41. The van der Waals surface area contributed by atoms with Gasteiger partial charge < -0.3 is 10.1 Å². The van der Waals surface area contributed by atoms with Gasteiger partial charge in [-0.25, -0.2) is 0 Å². The predicted octanol–water partition coefficient (Wildman–Crippen LogP) is 1.76. The van der Waals surface area contributed by atoms with E-state index in [1.807, 2.05) is 0 Å². The highest BCUT2D eigenvalue weighted by Crippen LogP contribution is 2.29. The smallest absolute Gasteiger partial charge is 0.142 e. The van der Waals surface area contributed by atoms with E-state index in [9.17, 15) is 4.79 Å². The third kappa shape index (κ3) is 2.64. The van der Waals surface area contributed by atoms with Crippen LogP contribution < -0.4 is 5.32 Å². The number of hydrogen-bond donors (Lipinski definition) is 1. The molecule has 2 unspecified atom stereocenters. The van der Waals surface area contributed by atoms with Gasteiger partial charge in [-0.05, 0) is 19.4 Å². The van der Waals surface area contributed by atoms with Crippen molar-refractivity contribution >= 4 is 5.78 Å². The summed E-state index contributed by atoms with van der Waals surface area (Å²) in [5.74, 6) is 0.896. The van der Waals surface area contributed by atoms with Crippen molar-refractivity contribution in [3.63, 3.8) is 0 Å². The molecule has 0 aromatic carbocycles. The molecule has 3 heteroatoms. The van der Waals surface area contributed by atoms with Crippen LogP contribution >= 0.6 is 0 Å². The fourth-order valence-corrected chi connectivity index (χ4v) is 2.99. The first-order valence-electron chi connectivity index (χ1n) is 6.67. The number of hydrogen-bond acceptors (Lipinski definition) is 3.